The van der Waals surface area contributed by atoms with Gasteiger partial charge in [-0.1, -0.05) is 104 Å². The molecule has 0 aliphatic carbocycles. The summed E-state index contributed by atoms with van der Waals surface area (Å²) in [5, 5.41) is 12.0. The van der Waals surface area contributed by atoms with Crippen molar-refractivity contribution in [2.75, 3.05) is 6.54 Å². The fourth-order valence-electron chi connectivity index (χ4n) is 4.20. The van der Waals surface area contributed by atoms with Crippen LogP contribution in [-0.4, -0.2) is 41.9 Å². The molecule has 0 spiro atoms. The number of amides is 4. The van der Waals surface area contributed by atoms with E-state index in [4.69, 9.17) is 5.73 Å². The molecule has 6 N–H and O–H groups in total. The quantitative estimate of drug-likeness (QED) is 0.162. The molecule has 4 amide bonds. The van der Waals surface area contributed by atoms with E-state index in [1.54, 1.807) is 30.3 Å². The van der Waals surface area contributed by atoms with Crippen molar-refractivity contribution in [3.63, 3.8) is 0 Å². The Bertz CT molecular complexity index is 1290. The average molecular weight is 557 g/mol. The Kier molecular flexibility index (Phi) is 11.7. The number of carbonyl (C=O) groups is 4. The van der Waals surface area contributed by atoms with Crippen LogP contribution in [0.3, 0.4) is 0 Å². The van der Waals surface area contributed by atoms with E-state index in [1.807, 2.05) is 67.6 Å². The molecule has 0 aliphatic rings. The first kappa shape index (κ1) is 30.7. The number of rotatable bonds is 13. The van der Waals surface area contributed by atoms with Gasteiger partial charge >= 0.3 is 6.03 Å². The number of nitrogens with zero attached hydrogens (tertiary/aromatic N) is 1. The second kappa shape index (κ2) is 15.7. The molecule has 0 aliphatic heterocycles. The number of hydrazone groups is 1. The first-order chi connectivity index (χ1) is 19.8. The van der Waals surface area contributed by atoms with Crippen LogP contribution >= 0.6 is 0 Å². The van der Waals surface area contributed by atoms with Crippen LogP contribution in [-0.2, 0) is 14.4 Å². The summed E-state index contributed by atoms with van der Waals surface area (Å²) in [6, 6.07) is 25.0. The zero-order valence-corrected chi connectivity index (χ0v) is 23.2. The van der Waals surface area contributed by atoms with Crippen LogP contribution in [0, 0.1) is 0 Å². The van der Waals surface area contributed by atoms with Crippen molar-refractivity contribution in [1.29, 1.82) is 0 Å². The smallest absolute Gasteiger partial charge is 0.335 e. The van der Waals surface area contributed by atoms with Gasteiger partial charge in [0.15, 0.2) is 5.78 Å². The summed E-state index contributed by atoms with van der Waals surface area (Å²) in [7, 11) is 0. The lowest BCUT2D eigenvalue weighted by atomic mass is 9.99. The highest BCUT2D eigenvalue weighted by atomic mass is 16.2. The SMILES string of the molecule is CCCC(N)/C(=N/NC(=O)NC(c1ccccc1)c1ccccc1)C(=O)NCC(=O)NC(C(C)=O)c1ccccc1. The predicted octanol–water partition coefficient (Wildman–Crippen LogP) is 3.12. The topological polar surface area (TPSA) is 155 Å². The molecule has 2 unspecified atom stereocenters. The maximum absolute atomic E-state index is 13.0. The molecular formula is C31H36N6O4. The summed E-state index contributed by atoms with van der Waals surface area (Å²) >= 11 is 0. The molecule has 214 valence electrons. The molecule has 10 heteroatoms. The summed E-state index contributed by atoms with van der Waals surface area (Å²) < 4.78 is 0. The molecule has 3 rings (SSSR count). The van der Waals surface area contributed by atoms with Crippen molar-refractivity contribution < 1.29 is 19.2 Å². The van der Waals surface area contributed by atoms with E-state index in [0.29, 0.717) is 18.4 Å². The largest absolute Gasteiger partial charge is 0.342 e. The first-order valence-corrected chi connectivity index (χ1v) is 13.4. The monoisotopic (exact) mass is 556 g/mol. The van der Waals surface area contributed by atoms with Crippen LogP contribution in [0.2, 0.25) is 0 Å². The molecular weight excluding hydrogens is 520 g/mol. The zero-order chi connectivity index (χ0) is 29.6. The number of hydrogen-bond acceptors (Lipinski definition) is 6. The Morgan fingerprint density at radius 3 is 1.78 bits per heavy atom. The second-order valence-electron chi connectivity index (χ2n) is 9.44. The van der Waals surface area contributed by atoms with Crippen LogP contribution < -0.4 is 27.1 Å². The Labute approximate surface area is 239 Å². The number of carbonyl (C=O) groups excluding carboxylic acids is 4. The van der Waals surface area contributed by atoms with Gasteiger partial charge in [0.1, 0.15) is 11.8 Å². The van der Waals surface area contributed by atoms with Gasteiger partial charge in [0.25, 0.3) is 5.91 Å². The third-order valence-corrected chi connectivity index (χ3v) is 6.26. The van der Waals surface area contributed by atoms with Gasteiger partial charge in [0.05, 0.1) is 18.6 Å². The van der Waals surface area contributed by atoms with E-state index in [2.05, 4.69) is 26.5 Å². The molecule has 3 aromatic carbocycles. The Morgan fingerprint density at radius 1 is 0.780 bits per heavy atom. The fourth-order valence-corrected chi connectivity index (χ4v) is 4.20. The lowest BCUT2D eigenvalue weighted by molar-refractivity contribution is -0.127. The molecule has 0 fully saturated rings. The normalized spacial score (nSPS) is 12.6. The minimum atomic E-state index is -0.844. The number of nitrogens with two attached hydrogens (primary N) is 1. The third kappa shape index (κ3) is 9.40. The highest BCUT2D eigenvalue weighted by Crippen LogP contribution is 2.21. The molecule has 0 bridgehead atoms. The fraction of sp³-hybridized carbons (Fsp3) is 0.258. The van der Waals surface area contributed by atoms with Crippen LogP contribution in [0.25, 0.3) is 0 Å². The first-order valence-electron chi connectivity index (χ1n) is 13.4. The van der Waals surface area contributed by atoms with E-state index >= 15 is 0 Å². The molecule has 3 aromatic rings. The molecule has 2 atom stereocenters. The highest BCUT2D eigenvalue weighted by Gasteiger charge is 2.23. The lowest BCUT2D eigenvalue weighted by Crippen LogP contribution is -2.48. The van der Waals surface area contributed by atoms with Gasteiger partial charge in [-0.05, 0) is 30.0 Å². The average Bonchev–Trinajstić information content (AvgIpc) is 2.99. The van der Waals surface area contributed by atoms with Gasteiger partial charge in [-0.15, -0.1) is 0 Å². The molecule has 0 saturated carbocycles. The van der Waals surface area contributed by atoms with Crippen molar-refractivity contribution in [3.05, 3.63) is 108 Å². The third-order valence-electron chi connectivity index (χ3n) is 6.26. The van der Waals surface area contributed by atoms with Crippen molar-refractivity contribution in [2.45, 2.75) is 44.8 Å². The summed E-state index contributed by atoms with van der Waals surface area (Å²) in [5.74, 6) is -1.52. The minimum absolute atomic E-state index is 0.128. The molecule has 0 heterocycles. The van der Waals surface area contributed by atoms with Crippen LogP contribution in [0.5, 0.6) is 0 Å². The predicted molar refractivity (Wildman–Crippen MR) is 158 cm³/mol. The van der Waals surface area contributed by atoms with Gasteiger partial charge < -0.3 is 21.7 Å². The second-order valence-corrected chi connectivity index (χ2v) is 9.44. The molecule has 10 nitrogen and oxygen atoms in total. The van der Waals surface area contributed by atoms with Gasteiger partial charge in [0.2, 0.25) is 5.91 Å². The number of Topliss-reactive ketones (excluding diaryl/α,β-unsaturated/α-hetero) is 1. The van der Waals surface area contributed by atoms with Crippen LogP contribution in [0.15, 0.2) is 96.1 Å². The van der Waals surface area contributed by atoms with E-state index in [9.17, 15) is 19.2 Å². The van der Waals surface area contributed by atoms with Crippen molar-refractivity contribution in [1.82, 2.24) is 21.4 Å². The highest BCUT2D eigenvalue weighted by molar-refractivity contribution is 6.41. The summed E-state index contributed by atoms with van der Waals surface area (Å²) in [5.41, 5.74) is 10.8. The standard InChI is InChI=1S/C31H36N6O4/c1-3-13-25(32)29(30(40)33-20-26(39)34-27(21(2)38)22-14-7-4-8-15-22)36-37-31(41)35-28(23-16-9-5-10-17-23)24-18-11-6-12-19-24/h4-12,14-19,25,27-28H,3,13,20,32H2,1-2H3,(H,33,40)(H,34,39)(H2,35,37,41)/b36-29-. The molecule has 0 radical (unpaired) electrons. The van der Waals surface area contributed by atoms with Crippen LogP contribution in [0.4, 0.5) is 4.79 Å². The lowest BCUT2D eigenvalue weighted by Gasteiger charge is -2.20. The Balaban J connectivity index is 1.67. The van der Waals surface area contributed by atoms with Crippen molar-refractivity contribution in [3.8, 4) is 0 Å². The molecule has 0 saturated heterocycles. The Morgan fingerprint density at radius 2 is 1.29 bits per heavy atom. The minimum Gasteiger partial charge on any atom is -0.342 e. The maximum atomic E-state index is 13.0. The number of ketones is 1. The van der Waals surface area contributed by atoms with E-state index in [0.717, 1.165) is 11.1 Å². The summed E-state index contributed by atoms with van der Waals surface area (Å²) in [6.07, 6.45) is 1.10. The van der Waals surface area contributed by atoms with Crippen LogP contribution in [0.1, 0.15) is 55.5 Å². The Hall–Kier alpha value is -4.83. The van der Waals surface area contributed by atoms with Crippen molar-refractivity contribution >= 4 is 29.3 Å². The molecule has 0 aromatic heterocycles. The number of urea groups is 1. The number of nitrogens with one attached hydrogen (secondary N) is 4. The van der Waals surface area contributed by atoms with Gasteiger partial charge in [-0.25, -0.2) is 10.2 Å². The van der Waals surface area contributed by atoms with E-state index in [-0.39, 0.29) is 11.5 Å². The molecule has 41 heavy (non-hydrogen) atoms. The number of hydrogen-bond donors (Lipinski definition) is 5. The summed E-state index contributed by atoms with van der Waals surface area (Å²) in [4.78, 5) is 50.6. The van der Waals surface area contributed by atoms with Gasteiger partial charge in [0, 0.05) is 0 Å². The zero-order valence-electron chi connectivity index (χ0n) is 23.2. The van der Waals surface area contributed by atoms with Gasteiger partial charge in [-0.2, -0.15) is 5.10 Å². The van der Waals surface area contributed by atoms with E-state index in [1.165, 1.54) is 6.92 Å². The van der Waals surface area contributed by atoms with Crippen molar-refractivity contribution in [2.24, 2.45) is 10.8 Å². The van der Waals surface area contributed by atoms with Gasteiger partial charge in [-0.3, -0.25) is 14.4 Å². The summed E-state index contributed by atoms with van der Waals surface area (Å²) in [6.45, 7) is 2.87. The number of benzene rings is 3. The van der Waals surface area contributed by atoms with E-state index < -0.39 is 42.5 Å². The maximum Gasteiger partial charge on any atom is 0.335 e.